The predicted molar refractivity (Wildman–Crippen MR) is 75.9 cm³/mol. The molecule has 0 fully saturated rings. The van der Waals surface area contributed by atoms with Gasteiger partial charge in [-0.3, -0.25) is 14.8 Å². The minimum Gasteiger partial charge on any atom is -0.326 e. The highest BCUT2D eigenvalue weighted by Gasteiger charge is 2.08. The molecule has 1 aromatic carbocycles. The van der Waals surface area contributed by atoms with Crippen LogP contribution in [0.15, 0.2) is 30.6 Å². The molecule has 1 aromatic heterocycles. The second-order valence-electron chi connectivity index (χ2n) is 4.47. The van der Waals surface area contributed by atoms with Crippen LogP contribution in [-0.4, -0.2) is 28.5 Å². The van der Waals surface area contributed by atoms with E-state index < -0.39 is 0 Å². The predicted octanol–water partition coefficient (Wildman–Crippen LogP) is 1.96. The molecule has 0 spiro atoms. The van der Waals surface area contributed by atoms with Crippen LogP contribution in [-0.2, 0) is 4.79 Å². The van der Waals surface area contributed by atoms with Gasteiger partial charge in [-0.05, 0) is 31.7 Å². The zero-order valence-corrected chi connectivity index (χ0v) is 11.2. The van der Waals surface area contributed by atoms with Crippen LogP contribution in [0, 0.1) is 0 Å². The molecule has 1 amide bonds. The lowest BCUT2D eigenvalue weighted by molar-refractivity contribution is -0.116. The highest BCUT2D eigenvalue weighted by Crippen LogP contribution is 2.15. The monoisotopic (exact) mass is 258 g/mol. The topological polar surface area (TPSA) is 66.9 Å². The first-order valence-electron chi connectivity index (χ1n) is 6.43. The lowest BCUT2D eigenvalue weighted by Gasteiger charge is -2.12. The third-order valence-electron chi connectivity index (χ3n) is 2.80. The Labute approximate surface area is 112 Å². The fraction of sp³-hybridized carbons (Fsp3) is 0.357. The number of hydrogen-bond acceptors (Lipinski definition) is 4. The van der Waals surface area contributed by atoms with Crippen molar-refractivity contribution < 1.29 is 4.79 Å². The summed E-state index contributed by atoms with van der Waals surface area (Å²) in [6.07, 6.45) is 3.74. The smallest absolute Gasteiger partial charge is 0.225 e. The first kappa shape index (κ1) is 13.4. The summed E-state index contributed by atoms with van der Waals surface area (Å²) in [5.74, 6) is -0.00306. The van der Waals surface area contributed by atoms with Gasteiger partial charge in [-0.1, -0.05) is 6.92 Å². The van der Waals surface area contributed by atoms with Gasteiger partial charge in [0.1, 0.15) is 0 Å². The van der Waals surface area contributed by atoms with Gasteiger partial charge in [0.05, 0.1) is 11.0 Å². The lowest BCUT2D eigenvalue weighted by atomic mass is 10.2. The van der Waals surface area contributed by atoms with Crippen molar-refractivity contribution in [3.63, 3.8) is 0 Å². The summed E-state index contributed by atoms with van der Waals surface area (Å²) in [6.45, 7) is 4.88. The highest BCUT2D eigenvalue weighted by atomic mass is 16.1. The van der Waals surface area contributed by atoms with Crippen molar-refractivity contribution in [2.75, 3.05) is 11.9 Å². The Morgan fingerprint density at radius 2 is 2.00 bits per heavy atom. The fourth-order valence-electron chi connectivity index (χ4n) is 1.95. The number of anilines is 1. The van der Waals surface area contributed by atoms with Crippen molar-refractivity contribution in [2.45, 2.75) is 26.3 Å². The Hall–Kier alpha value is -2.01. The number of hydrogen-bond donors (Lipinski definition) is 2. The van der Waals surface area contributed by atoms with E-state index in [1.807, 2.05) is 32.0 Å². The van der Waals surface area contributed by atoms with Crippen LogP contribution in [0.25, 0.3) is 11.0 Å². The number of rotatable bonds is 5. The number of amides is 1. The zero-order valence-electron chi connectivity index (χ0n) is 11.2. The van der Waals surface area contributed by atoms with Crippen LogP contribution in [0.1, 0.15) is 20.3 Å². The molecule has 0 aliphatic carbocycles. The Bertz CT molecular complexity index is 570. The van der Waals surface area contributed by atoms with Crippen molar-refractivity contribution in [3.8, 4) is 0 Å². The molecule has 0 bridgehead atoms. The molecule has 0 aliphatic heterocycles. The normalized spacial score (nSPS) is 12.3. The number of carbonyl (C=O) groups is 1. The van der Waals surface area contributed by atoms with Gasteiger partial charge < -0.3 is 10.6 Å². The number of carbonyl (C=O) groups excluding carboxylic acids is 1. The van der Waals surface area contributed by atoms with Gasteiger partial charge >= 0.3 is 0 Å². The van der Waals surface area contributed by atoms with E-state index in [0.29, 0.717) is 6.42 Å². The quantitative estimate of drug-likeness (QED) is 0.860. The van der Waals surface area contributed by atoms with Gasteiger partial charge in [-0.2, -0.15) is 0 Å². The molecule has 1 unspecified atom stereocenters. The largest absolute Gasteiger partial charge is 0.326 e. The molecule has 2 aromatic rings. The van der Waals surface area contributed by atoms with Crippen LogP contribution in [0.4, 0.5) is 5.69 Å². The van der Waals surface area contributed by atoms with Crippen LogP contribution in [0.5, 0.6) is 0 Å². The van der Waals surface area contributed by atoms with Crippen molar-refractivity contribution >= 4 is 22.6 Å². The summed E-state index contributed by atoms with van der Waals surface area (Å²) in [7, 11) is 0. The van der Waals surface area contributed by atoms with E-state index in [-0.39, 0.29) is 11.9 Å². The van der Waals surface area contributed by atoms with Crippen molar-refractivity contribution in [1.29, 1.82) is 0 Å². The van der Waals surface area contributed by atoms with E-state index >= 15 is 0 Å². The summed E-state index contributed by atoms with van der Waals surface area (Å²) in [4.78, 5) is 20.2. The van der Waals surface area contributed by atoms with Gasteiger partial charge in [0.15, 0.2) is 0 Å². The van der Waals surface area contributed by atoms with E-state index in [1.54, 1.807) is 12.4 Å². The summed E-state index contributed by atoms with van der Waals surface area (Å²) in [5, 5.41) is 6.09. The van der Waals surface area contributed by atoms with E-state index in [9.17, 15) is 4.79 Å². The SMILES string of the molecule is CCNC(C)CC(=O)Nc1ccc2nccnc2c1. The molecule has 5 nitrogen and oxygen atoms in total. The molecule has 19 heavy (non-hydrogen) atoms. The van der Waals surface area contributed by atoms with Crippen molar-refractivity contribution in [3.05, 3.63) is 30.6 Å². The van der Waals surface area contributed by atoms with Crippen LogP contribution in [0.3, 0.4) is 0 Å². The van der Waals surface area contributed by atoms with Gasteiger partial charge in [0.2, 0.25) is 5.91 Å². The maximum Gasteiger partial charge on any atom is 0.225 e. The average Bonchev–Trinajstić information content (AvgIpc) is 2.38. The Kier molecular flexibility index (Phi) is 4.41. The number of aromatic nitrogens is 2. The standard InChI is InChI=1S/C14H18N4O/c1-3-15-10(2)8-14(19)18-11-4-5-12-13(9-11)17-7-6-16-12/h4-7,9-10,15H,3,8H2,1-2H3,(H,18,19). The third-order valence-corrected chi connectivity index (χ3v) is 2.80. The molecule has 5 heteroatoms. The Morgan fingerprint density at radius 1 is 1.26 bits per heavy atom. The maximum absolute atomic E-state index is 11.8. The molecule has 0 radical (unpaired) electrons. The second-order valence-corrected chi connectivity index (χ2v) is 4.47. The number of fused-ring (bicyclic) bond motifs is 1. The Balaban J connectivity index is 2.02. The van der Waals surface area contributed by atoms with E-state index in [1.165, 1.54) is 0 Å². The zero-order chi connectivity index (χ0) is 13.7. The van der Waals surface area contributed by atoms with Gasteiger partial charge in [-0.25, -0.2) is 0 Å². The Morgan fingerprint density at radius 3 is 2.74 bits per heavy atom. The van der Waals surface area contributed by atoms with Crippen LogP contribution < -0.4 is 10.6 Å². The van der Waals surface area contributed by atoms with E-state index in [0.717, 1.165) is 23.3 Å². The molecular weight excluding hydrogens is 240 g/mol. The molecule has 100 valence electrons. The number of nitrogens with zero attached hydrogens (tertiary/aromatic N) is 2. The molecule has 2 N–H and O–H groups in total. The maximum atomic E-state index is 11.8. The molecule has 1 heterocycles. The molecule has 0 aliphatic rings. The van der Waals surface area contributed by atoms with Gasteiger partial charge in [0, 0.05) is 30.5 Å². The van der Waals surface area contributed by atoms with Crippen molar-refractivity contribution in [2.24, 2.45) is 0 Å². The van der Waals surface area contributed by atoms with Crippen molar-refractivity contribution in [1.82, 2.24) is 15.3 Å². The average molecular weight is 258 g/mol. The molecule has 0 saturated carbocycles. The first-order valence-corrected chi connectivity index (χ1v) is 6.43. The minimum atomic E-state index is -0.00306. The molecule has 0 saturated heterocycles. The highest BCUT2D eigenvalue weighted by molar-refractivity contribution is 5.93. The minimum absolute atomic E-state index is 0.00306. The van der Waals surface area contributed by atoms with Gasteiger partial charge in [0.25, 0.3) is 0 Å². The first-order chi connectivity index (χ1) is 9.19. The fourth-order valence-corrected chi connectivity index (χ4v) is 1.95. The molecule has 2 rings (SSSR count). The van der Waals surface area contributed by atoms with E-state index in [2.05, 4.69) is 20.6 Å². The van der Waals surface area contributed by atoms with E-state index in [4.69, 9.17) is 0 Å². The summed E-state index contributed by atoms with van der Waals surface area (Å²) < 4.78 is 0. The molecular formula is C14H18N4O. The lowest BCUT2D eigenvalue weighted by Crippen LogP contribution is -2.30. The molecule has 1 atom stereocenters. The summed E-state index contributed by atoms with van der Waals surface area (Å²) in [6, 6.07) is 5.70. The number of benzene rings is 1. The van der Waals surface area contributed by atoms with Gasteiger partial charge in [-0.15, -0.1) is 0 Å². The van der Waals surface area contributed by atoms with Crippen LogP contribution >= 0.6 is 0 Å². The third kappa shape index (κ3) is 3.72. The number of nitrogens with one attached hydrogen (secondary N) is 2. The summed E-state index contributed by atoms with van der Waals surface area (Å²) >= 11 is 0. The summed E-state index contributed by atoms with van der Waals surface area (Å²) in [5.41, 5.74) is 2.35. The second kappa shape index (κ2) is 6.24. The van der Waals surface area contributed by atoms with Crippen LogP contribution in [0.2, 0.25) is 0 Å².